The molecule has 39 heavy (non-hydrogen) atoms. The molecule has 3 heterocycles. The smallest absolute Gasteiger partial charge is 0.308 e. The number of carboxylic acid groups (broad SMARTS) is 1. The summed E-state index contributed by atoms with van der Waals surface area (Å²) in [5, 5.41) is 19.8. The molecular formula is C28H40N4O7. The molecule has 2 aliphatic heterocycles. The van der Waals surface area contributed by atoms with Crippen LogP contribution in [-0.4, -0.2) is 94.2 Å². The zero-order valence-electron chi connectivity index (χ0n) is 23.0. The number of imidazole rings is 1. The van der Waals surface area contributed by atoms with Gasteiger partial charge in [0.05, 0.1) is 19.6 Å². The Morgan fingerprint density at radius 3 is 2.69 bits per heavy atom. The molecule has 0 radical (unpaired) electrons. The van der Waals surface area contributed by atoms with E-state index < -0.39 is 11.9 Å². The Morgan fingerprint density at radius 2 is 2.03 bits per heavy atom. The Balaban J connectivity index is 1.64. The van der Waals surface area contributed by atoms with Gasteiger partial charge in [0.15, 0.2) is 11.5 Å². The van der Waals surface area contributed by atoms with E-state index in [9.17, 15) is 19.8 Å². The lowest BCUT2D eigenvalue weighted by molar-refractivity contribution is -0.143. The number of aromatic nitrogens is 2. The highest BCUT2D eigenvalue weighted by Crippen LogP contribution is 2.47. The molecule has 1 aromatic heterocycles. The van der Waals surface area contributed by atoms with E-state index in [0.717, 1.165) is 24.2 Å². The first-order chi connectivity index (χ1) is 18.9. The van der Waals surface area contributed by atoms with E-state index in [0.29, 0.717) is 56.1 Å². The van der Waals surface area contributed by atoms with Gasteiger partial charge in [-0.15, -0.1) is 0 Å². The van der Waals surface area contributed by atoms with Crippen LogP contribution in [0.5, 0.6) is 17.2 Å². The number of likely N-dealkylation sites (tertiary alicyclic amines) is 1. The first-order valence-electron chi connectivity index (χ1n) is 13.7. The first kappa shape index (κ1) is 28.7. The number of fused-ring (bicyclic) bond motifs is 1. The molecule has 0 spiro atoms. The number of carbonyl (C=O) groups is 2. The molecule has 11 nitrogen and oxygen atoms in total. The number of unbranched alkanes of at least 4 members (excludes halogenated alkanes) is 1. The minimum Gasteiger partial charge on any atom is -0.493 e. The zero-order valence-corrected chi connectivity index (χ0v) is 23.0. The maximum atomic E-state index is 13.5. The Hall–Kier alpha value is -3.31. The number of hydrogen-bond donors (Lipinski definition) is 2. The fourth-order valence-electron chi connectivity index (χ4n) is 5.71. The minimum absolute atomic E-state index is 0.0149. The van der Waals surface area contributed by atoms with E-state index in [4.69, 9.17) is 14.2 Å². The van der Waals surface area contributed by atoms with Crippen molar-refractivity contribution in [3.63, 3.8) is 0 Å². The third-order valence-electron chi connectivity index (χ3n) is 7.79. The number of aryl methyl sites for hydroxylation is 2. The van der Waals surface area contributed by atoms with Crippen LogP contribution in [-0.2, 0) is 23.1 Å². The van der Waals surface area contributed by atoms with Gasteiger partial charge in [0, 0.05) is 64.1 Å². The van der Waals surface area contributed by atoms with Gasteiger partial charge in [-0.25, -0.2) is 4.98 Å². The van der Waals surface area contributed by atoms with Crippen LogP contribution in [0.2, 0.25) is 0 Å². The number of hydrogen-bond acceptors (Lipinski definition) is 8. The van der Waals surface area contributed by atoms with E-state index in [-0.39, 0.29) is 37.8 Å². The second-order valence-electron chi connectivity index (χ2n) is 10.2. The van der Waals surface area contributed by atoms with Crippen LogP contribution in [0.3, 0.4) is 0 Å². The second-order valence-corrected chi connectivity index (χ2v) is 10.2. The van der Waals surface area contributed by atoms with Gasteiger partial charge in [-0.3, -0.25) is 14.5 Å². The molecule has 11 heteroatoms. The van der Waals surface area contributed by atoms with Gasteiger partial charge in [-0.1, -0.05) is 13.3 Å². The lowest BCUT2D eigenvalue weighted by atomic mass is 9.83. The number of aliphatic hydroxyl groups excluding tert-OH is 1. The van der Waals surface area contributed by atoms with E-state index in [1.54, 1.807) is 18.2 Å². The monoisotopic (exact) mass is 544 g/mol. The fourth-order valence-corrected chi connectivity index (χ4v) is 5.71. The summed E-state index contributed by atoms with van der Waals surface area (Å²) in [6, 6.07) is 3.28. The summed E-state index contributed by atoms with van der Waals surface area (Å²) in [5.41, 5.74) is 0.781. The number of benzene rings is 1. The molecule has 0 aliphatic carbocycles. The highest BCUT2D eigenvalue weighted by atomic mass is 16.7. The standard InChI is InChI=1S/C28H40N4O7/c1-4-5-10-31(11-6-13-33)25(34)17-32-16-20(19-14-22(37-3)27-23(15-19)38-18-39-27)26(28(35)36)21(32)7-8-24-29-9-12-30(24)2/h9,12,14-15,20-21,26,33H,4-8,10-11,13,16-18H2,1-3H3,(H,35,36). The van der Waals surface area contributed by atoms with E-state index in [2.05, 4.69) is 11.9 Å². The maximum Gasteiger partial charge on any atom is 0.308 e. The zero-order chi connectivity index (χ0) is 27.9. The van der Waals surface area contributed by atoms with Crippen molar-refractivity contribution >= 4 is 11.9 Å². The minimum atomic E-state index is -0.903. The molecule has 1 saturated heterocycles. The summed E-state index contributed by atoms with van der Waals surface area (Å²) in [7, 11) is 3.46. The van der Waals surface area contributed by atoms with Crippen LogP contribution >= 0.6 is 0 Å². The van der Waals surface area contributed by atoms with Crippen LogP contribution in [0, 0.1) is 5.92 Å². The number of carboxylic acids is 1. The quantitative estimate of drug-likeness (QED) is 0.368. The summed E-state index contributed by atoms with van der Waals surface area (Å²) in [6.45, 7) is 3.78. The predicted molar refractivity (Wildman–Crippen MR) is 143 cm³/mol. The van der Waals surface area contributed by atoms with E-state index in [1.807, 2.05) is 34.8 Å². The van der Waals surface area contributed by atoms with Gasteiger partial charge >= 0.3 is 5.97 Å². The van der Waals surface area contributed by atoms with Crippen molar-refractivity contribution < 1.29 is 34.0 Å². The van der Waals surface area contributed by atoms with Crippen molar-refractivity contribution in [3.05, 3.63) is 35.9 Å². The van der Waals surface area contributed by atoms with Crippen molar-refractivity contribution in [2.24, 2.45) is 13.0 Å². The van der Waals surface area contributed by atoms with Crippen molar-refractivity contribution in [2.75, 3.05) is 46.7 Å². The van der Waals surface area contributed by atoms with E-state index >= 15 is 0 Å². The van der Waals surface area contributed by atoms with Crippen LogP contribution in [0.1, 0.15) is 49.9 Å². The van der Waals surface area contributed by atoms with Crippen LogP contribution in [0.15, 0.2) is 24.5 Å². The number of nitrogens with zero attached hydrogens (tertiary/aromatic N) is 4. The summed E-state index contributed by atoms with van der Waals surface area (Å²) in [5.74, 6) is 0.328. The summed E-state index contributed by atoms with van der Waals surface area (Å²) in [6.07, 6.45) is 7.06. The SMILES string of the molecule is CCCCN(CCCO)C(=O)CN1CC(c2cc(OC)c3c(c2)OCO3)C(C(=O)O)C1CCc1nccn1C. The summed E-state index contributed by atoms with van der Waals surface area (Å²) in [4.78, 5) is 34.5. The van der Waals surface area contributed by atoms with E-state index in [1.165, 1.54) is 0 Å². The molecule has 2 aliphatic rings. The highest BCUT2D eigenvalue weighted by molar-refractivity contribution is 5.79. The van der Waals surface area contributed by atoms with Crippen LogP contribution in [0.25, 0.3) is 0 Å². The van der Waals surface area contributed by atoms with Gasteiger partial charge < -0.3 is 33.9 Å². The van der Waals surface area contributed by atoms with Crippen LogP contribution in [0.4, 0.5) is 0 Å². The first-order valence-corrected chi connectivity index (χ1v) is 13.7. The third-order valence-corrected chi connectivity index (χ3v) is 7.79. The summed E-state index contributed by atoms with van der Waals surface area (Å²) >= 11 is 0. The molecule has 1 aromatic carbocycles. The number of aliphatic hydroxyl groups is 1. The Kier molecular flexibility index (Phi) is 9.68. The molecule has 0 bridgehead atoms. The molecule has 4 rings (SSSR count). The maximum absolute atomic E-state index is 13.5. The van der Waals surface area contributed by atoms with Gasteiger partial charge in [0.1, 0.15) is 5.82 Å². The molecule has 3 atom stereocenters. The number of ether oxygens (including phenoxy) is 3. The molecule has 2 N–H and O–H groups in total. The number of aliphatic carboxylic acids is 1. The molecular weight excluding hydrogens is 504 g/mol. The number of carbonyl (C=O) groups excluding carboxylic acids is 1. The largest absolute Gasteiger partial charge is 0.493 e. The molecule has 214 valence electrons. The van der Waals surface area contributed by atoms with Gasteiger partial charge in [0.25, 0.3) is 0 Å². The lowest BCUT2D eigenvalue weighted by Crippen LogP contribution is -2.45. The average Bonchev–Trinajstić information content (AvgIpc) is 3.65. The molecule has 3 unspecified atom stereocenters. The molecule has 1 fully saturated rings. The second kappa shape index (κ2) is 13.2. The number of methoxy groups -OCH3 is 1. The Bertz CT molecular complexity index is 1130. The van der Waals surface area contributed by atoms with Crippen molar-refractivity contribution in [3.8, 4) is 17.2 Å². The average molecular weight is 545 g/mol. The Labute approximate surface area is 229 Å². The normalized spacial score (nSPS) is 20.4. The molecule has 1 amide bonds. The molecule has 2 aromatic rings. The third kappa shape index (κ3) is 6.47. The number of amides is 1. The van der Waals surface area contributed by atoms with Crippen LogP contribution < -0.4 is 14.2 Å². The van der Waals surface area contributed by atoms with Crippen molar-refractivity contribution in [2.45, 2.75) is 51.0 Å². The predicted octanol–water partition coefficient (Wildman–Crippen LogP) is 2.27. The van der Waals surface area contributed by atoms with Gasteiger partial charge in [-0.05, 0) is 37.0 Å². The summed E-state index contributed by atoms with van der Waals surface area (Å²) < 4.78 is 18.6. The fraction of sp³-hybridized carbons (Fsp3) is 0.607. The topological polar surface area (TPSA) is 127 Å². The number of rotatable bonds is 14. The van der Waals surface area contributed by atoms with Crippen molar-refractivity contribution in [1.29, 1.82) is 0 Å². The lowest BCUT2D eigenvalue weighted by Gasteiger charge is -2.29. The Morgan fingerprint density at radius 1 is 1.23 bits per heavy atom. The van der Waals surface area contributed by atoms with Gasteiger partial charge in [0.2, 0.25) is 18.4 Å². The van der Waals surface area contributed by atoms with Gasteiger partial charge in [-0.2, -0.15) is 0 Å². The highest BCUT2D eigenvalue weighted by Gasteiger charge is 2.47. The van der Waals surface area contributed by atoms with Crippen molar-refractivity contribution in [1.82, 2.24) is 19.4 Å². The molecule has 0 saturated carbocycles.